The van der Waals surface area contributed by atoms with Crippen LogP contribution in [0.2, 0.25) is 0 Å². The highest BCUT2D eigenvalue weighted by molar-refractivity contribution is 8.00. The zero-order chi connectivity index (χ0) is 14.6. The Balaban J connectivity index is 1.84. The van der Waals surface area contributed by atoms with Crippen molar-refractivity contribution in [2.75, 3.05) is 0 Å². The molecule has 0 amide bonds. The molecular weight excluding hydrogens is 287 g/mol. The van der Waals surface area contributed by atoms with Gasteiger partial charge in [0.05, 0.1) is 6.10 Å². The molecule has 1 aliphatic carbocycles. The van der Waals surface area contributed by atoms with Gasteiger partial charge < -0.3 is 10.4 Å². The minimum Gasteiger partial charge on any atom is -0.392 e. The SMILES string of the molecule is OC1CCCCC1NCc1ccc(SC(F)(F)F)cc1. The number of aliphatic hydroxyl groups excluding tert-OH is 1. The predicted molar refractivity (Wildman–Crippen MR) is 73.5 cm³/mol. The maximum atomic E-state index is 12.2. The van der Waals surface area contributed by atoms with Crippen molar-refractivity contribution < 1.29 is 18.3 Å². The number of alkyl halides is 3. The van der Waals surface area contributed by atoms with Crippen LogP contribution in [-0.2, 0) is 6.54 Å². The zero-order valence-electron chi connectivity index (χ0n) is 11.0. The highest BCUT2D eigenvalue weighted by atomic mass is 32.2. The summed E-state index contributed by atoms with van der Waals surface area (Å²) in [5.41, 5.74) is -3.32. The number of aliphatic hydroxyl groups is 1. The molecule has 2 N–H and O–H groups in total. The summed E-state index contributed by atoms with van der Waals surface area (Å²) < 4.78 is 36.6. The maximum absolute atomic E-state index is 12.2. The third-order valence-electron chi connectivity index (χ3n) is 3.45. The van der Waals surface area contributed by atoms with E-state index in [1.54, 1.807) is 12.1 Å². The Morgan fingerprint density at radius 2 is 1.80 bits per heavy atom. The van der Waals surface area contributed by atoms with Crippen molar-refractivity contribution in [3.63, 3.8) is 0 Å². The van der Waals surface area contributed by atoms with Crippen LogP contribution >= 0.6 is 11.8 Å². The molecule has 1 fully saturated rings. The molecule has 0 radical (unpaired) electrons. The molecule has 1 aromatic carbocycles. The van der Waals surface area contributed by atoms with Crippen molar-refractivity contribution in [3.05, 3.63) is 29.8 Å². The van der Waals surface area contributed by atoms with Crippen molar-refractivity contribution in [2.45, 2.75) is 54.8 Å². The molecule has 2 rings (SSSR count). The molecule has 0 bridgehead atoms. The Hall–Kier alpha value is -0.720. The first-order valence-corrected chi connectivity index (χ1v) is 7.52. The Morgan fingerprint density at radius 3 is 2.40 bits per heavy atom. The molecule has 2 atom stereocenters. The summed E-state index contributed by atoms with van der Waals surface area (Å²) in [6, 6.07) is 6.43. The lowest BCUT2D eigenvalue weighted by molar-refractivity contribution is -0.0328. The Kier molecular flexibility index (Phi) is 5.35. The van der Waals surface area contributed by atoms with Crippen molar-refractivity contribution in [1.29, 1.82) is 0 Å². The largest absolute Gasteiger partial charge is 0.446 e. The lowest BCUT2D eigenvalue weighted by Crippen LogP contribution is -2.41. The average molecular weight is 305 g/mol. The standard InChI is InChI=1S/C14H18F3NOS/c15-14(16,17)20-11-7-5-10(6-8-11)9-18-12-3-1-2-4-13(12)19/h5-8,12-13,18-19H,1-4,9H2. The quantitative estimate of drug-likeness (QED) is 0.832. The minimum atomic E-state index is -4.24. The third-order valence-corrected chi connectivity index (χ3v) is 4.19. The topological polar surface area (TPSA) is 32.3 Å². The summed E-state index contributed by atoms with van der Waals surface area (Å²) >= 11 is -0.104. The van der Waals surface area contributed by atoms with Crippen LogP contribution in [0.25, 0.3) is 0 Å². The van der Waals surface area contributed by atoms with E-state index >= 15 is 0 Å². The number of nitrogens with one attached hydrogen (secondary N) is 1. The Labute approximate surface area is 120 Å². The molecule has 0 heterocycles. The molecule has 1 saturated carbocycles. The van der Waals surface area contributed by atoms with Crippen LogP contribution in [0.4, 0.5) is 13.2 Å². The van der Waals surface area contributed by atoms with Gasteiger partial charge in [-0.05, 0) is 42.3 Å². The molecule has 0 aliphatic heterocycles. The summed E-state index contributed by atoms with van der Waals surface area (Å²) in [4.78, 5) is 0.193. The Bertz CT molecular complexity index is 421. The van der Waals surface area contributed by atoms with Crippen LogP contribution in [0.15, 0.2) is 29.2 Å². The molecule has 6 heteroatoms. The molecular formula is C14H18F3NOS. The fraction of sp³-hybridized carbons (Fsp3) is 0.571. The first-order valence-electron chi connectivity index (χ1n) is 6.70. The number of thioether (sulfide) groups is 1. The summed E-state index contributed by atoms with van der Waals surface area (Å²) in [6.07, 6.45) is 3.62. The Morgan fingerprint density at radius 1 is 1.15 bits per heavy atom. The van der Waals surface area contributed by atoms with Crippen LogP contribution in [0, 0.1) is 0 Å². The molecule has 1 aliphatic rings. The summed E-state index contributed by atoms with van der Waals surface area (Å²) in [5.74, 6) is 0. The van der Waals surface area contributed by atoms with Gasteiger partial charge in [0.25, 0.3) is 0 Å². The average Bonchev–Trinajstić information content (AvgIpc) is 2.38. The summed E-state index contributed by atoms with van der Waals surface area (Å²) in [7, 11) is 0. The number of halogens is 3. The van der Waals surface area contributed by atoms with Crippen molar-refractivity contribution in [1.82, 2.24) is 5.32 Å². The van der Waals surface area contributed by atoms with Crippen LogP contribution in [-0.4, -0.2) is 22.8 Å². The van der Waals surface area contributed by atoms with E-state index in [0.717, 1.165) is 31.2 Å². The predicted octanol–water partition coefficient (Wildman–Crippen LogP) is 3.69. The molecule has 112 valence electrons. The van der Waals surface area contributed by atoms with Gasteiger partial charge in [-0.15, -0.1) is 0 Å². The van der Waals surface area contributed by atoms with Crippen LogP contribution < -0.4 is 5.32 Å². The van der Waals surface area contributed by atoms with Gasteiger partial charge in [0.15, 0.2) is 0 Å². The molecule has 0 aromatic heterocycles. The zero-order valence-corrected chi connectivity index (χ0v) is 11.8. The third kappa shape index (κ3) is 5.00. The van der Waals surface area contributed by atoms with Gasteiger partial charge in [0, 0.05) is 17.5 Å². The van der Waals surface area contributed by atoms with E-state index in [0.29, 0.717) is 6.54 Å². The van der Waals surface area contributed by atoms with Gasteiger partial charge in [-0.3, -0.25) is 0 Å². The highest BCUT2D eigenvalue weighted by Gasteiger charge is 2.29. The van der Waals surface area contributed by atoms with E-state index in [1.165, 1.54) is 12.1 Å². The number of rotatable bonds is 4. The van der Waals surface area contributed by atoms with Crippen LogP contribution in [0.5, 0.6) is 0 Å². The van der Waals surface area contributed by atoms with E-state index in [1.807, 2.05) is 0 Å². The number of benzene rings is 1. The highest BCUT2D eigenvalue weighted by Crippen LogP contribution is 2.36. The van der Waals surface area contributed by atoms with Crippen molar-refractivity contribution in [3.8, 4) is 0 Å². The van der Waals surface area contributed by atoms with Gasteiger partial charge >= 0.3 is 5.51 Å². The second-order valence-electron chi connectivity index (χ2n) is 5.03. The van der Waals surface area contributed by atoms with Gasteiger partial charge in [-0.1, -0.05) is 25.0 Å². The van der Waals surface area contributed by atoms with Crippen LogP contribution in [0.1, 0.15) is 31.2 Å². The van der Waals surface area contributed by atoms with E-state index in [-0.39, 0.29) is 28.8 Å². The molecule has 0 spiro atoms. The monoisotopic (exact) mass is 305 g/mol. The second kappa shape index (κ2) is 6.83. The molecule has 1 aromatic rings. The lowest BCUT2D eigenvalue weighted by Gasteiger charge is -2.28. The van der Waals surface area contributed by atoms with Gasteiger partial charge in [-0.2, -0.15) is 13.2 Å². The van der Waals surface area contributed by atoms with E-state index in [2.05, 4.69) is 5.32 Å². The second-order valence-corrected chi connectivity index (χ2v) is 6.17. The molecule has 2 nitrogen and oxygen atoms in total. The van der Waals surface area contributed by atoms with Gasteiger partial charge in [-0.25, -0.2) is 0 Å². The minimum absolute atomic E-state index is 0.0907. The number of hydrogen-bond acceptors (Lipinski definition) is 3. The number of hydrogen-bond donors (Lipinski definition) is 2. The smallest absolute Gasteiger partial charge is 0.392 e. The first-order chi connectivity index (χ1) is 9.44. The normalized spacial score (nSPS) is 23.8. The van der Waals surface area contributed by atoms with Crippen LogP contribution in [0.3, 0.4) is 0 Å². The lowest BCUT2D eigenvalue weighted by atomic mass is 9.92. The maximum Gasteiger partial charge on any atom is 0.446 e. The molecule has 20 heavy (non-hydrogen) atoms. The van der Waals surface area contributed by atoms with Gasteiger partial charge in [0.1, 0.15) is 0 Å². The fourth-order valence-electron chi connectivity index (χ4n) is 2.41. The molecule has 0 saturated heterocycles. The van der Waals surface area contributed by atoms with Crippen molar-refractivity contribution >= 4 is 11.8 Å². The summed E-state index contributed by atoms with van der Waals surface area (Å²) in [6.45, 7) is 0.568. The van der Waals surface area contributed by atoms with E-state index in [9.17, 15) is 18.3 Å². The first kappa shape index (κ1) is 15.7. The summed E-state index contributed by atoms with van der Waals surface area (Å²) in [5, 5.41) is 13.1. The fourth-order valence-corrected chi connectivity index (χ4v) is 2.95. The van der Waals surface area contributed by atoms with E-state index < -0.39 is 5.51 Å². The van der Waals surface area contributed by atoms with Gasteiger partial charge in [0.2, 0.25) is 0 Å². The molecule has 2 unspecified atom stereocenters. The van der Waals surface area contributed by atoms with Crippen molar-refractivity contribution in [2.24, 2.45) is 0 Å². The van der Waals surface area contributed by atoms with E-state index in [4.69, 9.17) is 0 Å².